The van der Waals surface area contributed by atoms with Crippen molar-refractivity contribution in [2.45, 2.75) is 53.4 Å². The molecule has 0 amide bonds. The molecule has 0 aliphatic heterocycles. The van der Waals surface area contributed by atoms with Crippen molar-refractivity contribution < 1.29 is 0 Å². The van der Waals surface area contributed by atoms with Gasteiger partial charge in [-0.1, -0.05) is 44.6 Å². The first-order valence-corrected chi connectivity index (χ1v) is 7.15. The summed E-state index contributed by atoms with van der Waals surface area (Å²) in [4.78, 5) is 0. The van der Waals surface area contributed by atoms with E-state index in [0.29, 0.717) is 0 Å². The van der Waals surface area contributed by atoms with E-state index < -0.39 is 0 Å². The molecular formula is C17H26. The van der Waals surface area contributed by atoms with Crippen LogP contribution in [-0.4, -0.2) is 0 Å². The lowest BCUT2D eigenvalue weighted by Gasteiger charge is -2.32. The van der Waals surface area contributed by atoms with Gasteiger partial charge in [-0.2, -0.15) is 0 Å². The van der Waals surface area contributed by atoms with Gasteiger partial charge < -0.3 is 0 Å². The molecule has 94 valence electrons. The van der Waals surface area contributed by atoms with E-state index in [9.17, 15) is 0 Å². The lowest BCUT2D eigenvalue weighted by Crippen LogP contribution is -2.18. The minimum absolute atomic E-state index is 0.718. The standard InChI is InChI=1S/C17H26/c1-12(2)15-10-9-14(4)17(11-15)16-8-6-5-7-13(16)3/h5-6,8,12-13,15H,7,9-11H2,1-4H3. The summed E-state index contributed by atoms with van der Waals surface area (Å²) < 4.78 is 0. The molecule has 0 fully saturated rings. The van der Waals surface area contributed by atoms with Crippen LogP contribution < -0.4 is 0 Å². The third kappa shape index (κ3) is 2.73. The van der Waals surface area contributed by atoms with Crippen LogP contribution in [0.5, 0.6) is 0 Å². The average molecular weight is 230 g/mol. The minimum Gasteiger partial charge on any atom is -0.0839 e. The summed E-state index contributed by atoms with van der Waals surface area (Å²) in [5.41, 5.74) is 4.96. The van der Waals surface area contributed by atoms with Crippen LogP contribution >= 0.6 is 0 Å². The van der Waals surface area contributed by atoms with E-state index in [1.54, 1.807) is 16.7 Å². The van der Waals surface area contributed by atoms with Crippen molar-refractivity contribution in [2.75, 3.05) is 0 Å². The van der Waals surface area contributed by atoms with E-state index in [2.05, 4.69) is 45.9 Å². The Morgan fingerprint density at radius 2 is 2.06 bits per heavy atom. The molecule has 2 rings (SSSR count). The molecule has 0 aromatic heterocycles. The molecule has 17 heavy (non-hydrogen) atoms. The molecule has 0 aromatic rings. The van der Waals surface area contributed by atoms with E-state index in [0.717, 1.165) is 17.8 Å². The third-order valence-corrected chi connectivity index (χ3v) is 4.60. The van der Waals surface area contributed by atoms with Gasteiger partial charge in [0.15, 0.2) is 0 Å². The first-order valence-electron chi connectivity index (χ1n) is 7.15. The van der Waals surface area contributed by atoms with Gasteiger partial charge in [-0.25, -0.2) is 0 Å². The molecule has 2 aliphatic rings. The Kier molecular flexibility index (Phi) is 3.91. The molecule has 0 aromatic carbocycles. The monoisotopic (exact) mass is 230 g/mol. The van der Waals surface area contributed by atoms with Gasteiger partial charge in [0.25, 0.3) is 0 Å². The van der Waals surface area contributed by atoms with Gasteiger partial charge in [-0.15, -0.1) is 0 Å². The van der Waals surface area contributed by atoms with E-state index in [1.807, 2.05) is 0 Å². The number of allylic oxidation sites excluding steroid dienone is 6. The number of rotatable bonds is 2. The predicted molar refractivity (Wildman–Crippen MR) is 75.9 cm³/mol. The molecule has 0 nitrogen and oxygen atoms in total. The zero-order valence-corrected chi connectivity index (χ0v) is 11.8. The van der Waals surface area contributed by atoms with Crippen molar-refractivity contribution in [1.82, 2.24) is 0 Å². The first-order chi connectivity index (χ1) is 8.09. The molecule has 0 N–H and O–H groups in total. The topological polar surface area (TPSA) is 0 Å². The Morgan fingerprint density at radius 1 is 1.29 bits per heavy atom. The Labute approximate surface area is 106 Å². The fourth-order valence-electron chi connectivity index (χ4n) is 3.17. The van der Waals surface area contributed by atoms with Gasteiger partial charge in [0.2, 0.25) is 0 Å². The molecule has 0 spiro atoms. The van der Waals surface area contributed by atoms with Crippen molar-refractivity contribution in [3.05, 3.63) is 34.9 Å². The van der Waals surface area contributed by atoms with Gasteiger partial charge in [-0.3, -0.25) is 0 Å². The van der Waals surface area contributed by atoms with Crippen LogP contribution in [0.4, 0.5) is 0 Å². The maximum Gasteiger partial charge on any atom is -0.0153 e. The minimum atomic E-state index is 0.718. The highest BCUT2D eigenvalue weighted by atomic mass is 14.3. The molecule has 0 heterocycles. The molecular weight excluding hydrogens is 204 g/mol. The van der Waals surface area contributed by atoms with Crippen molar-refractivity contribution in [3.63, 3.8) is 0 Å². The van der Waals surface area contributed by atoms with Gasteiger partial charge in [0, 0.05) is 0 Å². The maximum atomic E-state index is 2.38. The highest BCUT2D eigenvalue weighted by Crippen LogP contribution is 2.40. The largest absolute Gasteiger partial charge is 0.0839 e. The molecule has 0 heteroatoms. The fourth-order valence-corrected chi connectivity index (χ4v) is 3.17. The zero-order valence-electron chi connectivity index (χ0n) is 11.8. The van der Waals surface area contributed by atoms with Crippen LogP contribution in [0.25, 0.3) is 0 Å². The van der Waals surface area contributed by atoms with E-state index >= 15 is 0 Å². The average Bonchev–Trinajstić information content (AvgIpc) is 2.30. The Balaban J connectivity index is 2.23. The normalized spacial score (nSPS) is 29.8. The van der Waals surface area contributed by atoms with Crippen molar-refractivity contribution in [3.8, 4) is 0 Å². The van der Waals surface area contributed by atoms with Crippen LogP contribution in [0.2, 0.25) is 0 Å². The van der Waals surface area contributed by atoms with Crippen LogP contribution in [0, 0.1) is 17.8 Å². The van der Waals surface area contributed by atoms with Crippen LogP contribution in [-0.2, 0) is 0 Å². The van der Waals surface area contributed by atoms with Gasteiger partial charge in [-0.05, 0) is 61.5 Å². The summed E-state index contributed by atoms with van der Waals surface area (Å²) in [6.45, 7) is 9.47. The van der Waals surface area contributed by atoms with Crippen LogP contribution in [0.3, 0.4) is 0 Å². The van der Waals surface area contributed by atoms with E-state index in [4.69, 9.17) is 0 Å². The predicted octanol–water partition coefficient (Wildman–Crippen LogP) is 5.28. The van der Waals surface area contributed by atoms with Crippen LogP contribution in [0.1, 0.15) is 53.4 Å². The number of hydrogen-bond donors (Lipinski definition) is 0. The summed E-state index contributed by atoms with van der Waals surface area (Å²) in [6, 6.07) is 0. The van der Waals surface area contributed by atoms with Crippen molar-refractivity contribution >= 4 is 0 Å². The second kappa shape index (κ2) is 5.25. The second-order valence-corrected chi connectivity index (χ2v) is 6.19. The Bertz CT molecular complexity index is 365. The SMILES string of the molecule is CC1=C(C2=CC=CCC2C)CC(C(C)C)CC1. The lowest BCUT2D eigenvalue weighted by molar-refractivity contribution is 0.341. The molecule has 0 saturated heterocycles. The molecule has 0 radical (unpaired) electrons. The van der Waals surface area contributed by atoms with Gasteiger partial charge >= 0.3 is 0 Å². The third-order valence-electron chi connectivity index (χ3n) is 4.60. The summed E-state index contributed by atoms with van der Waals surface area (Å²) in [5.74, 6) is 2.44. The van der Waals surface area contributed by atoms with Crippen LogP contribution in [0.15, 0.2) is 34.9 Å². The highest BCUT2D eigenvalue weighted by molar-refractivity contribution is 5.41. The first kappa shape index (κ1) is 12.7. The lowest BCUT2D eigenvalue weighted by atomic mass is 9.73. The van der Waals surface area contributed by atoms with Crippen molar-refractivity contribution in [2.24, 2.45) is 17.8 Å². The van der Waals surface area contributed by atoms with E-state index in [-0.39, 0.29) is 0 Å². The number of hydrogen-bond acceptors (Lipinski definition) is 0. The summed E-state index contributed by atoms with van der Waals surface area (Å²) in [7, 11) is 0. The van der Waals surface area contributed by atoms with Crippen molar-refractivity contribution in [1.29, 1.82) is 0 Å². The quantitative estimate of drug-likeness (QED) is 0.605. The van der Waals surface area contributed by atoms with Gasteiger partial charge in [0.1, 0.15) is 0 Å². The fraction of sp³-hybridized carbons (Fsp3) is 0.647. The zero-order chi connectivity index (χ0) is 12.4. The summed E-state index contributed by atoms with van der Waals surface area (Å²) in [6.07, 6.45) is 12.1. The molecule has 2 atom stereocenters. The molecule has 2 unspecified atom stereocenters. The van der Waals surface area contributed by atoms with E-state index in [1.165, 1.54) is 25.7 Å². The Hall–Kier alpha value is -0.780. The van der Waals surface area contributed by atoms with Gasteiger partial charge in [0.05, 0.1) is 0 Å². The molecule has 0 bridgehead atoms. The highest BCUT2D eigenvalue weighted by Gasteiger charge is 2.25. The molecule has 0 saturated carbocycles. The maximum absolute atomic E-state index is 2.38. The summed E-state index contributed by atoms with van der Waals surface area (Å²) >= 11 is 0. The smallest absolute Gasteiger partial charge is 0.0153 e. The molecule has 2 aliphatic carbocycles. The second-order valence-electron chi connectivity index (χ2n) is 6.19. The summed E-state index contributed by atoms with van der Waals surface area (Å²) in [5, 5.41) is 0. The Morgan fingerprint density at radius 3 is 2.71 bits per heavy atom.